The maximum absolute atomic E-state index is 2.31. The SMILES string of the molecule is C.CC.CC.CC.CC.CC.CCC(C)(C)CC.CCCN(C)CC. The fraction of sp³-hybridized carbons (Fsp3) is 1.00. The molecule has 0 spiro atoms. The summed E-state index contributed by atoms with van der Waals surface area (Å²) in [5.41, 5.74) is 0.583. The Balaban J connectivity index is -0.0000000250. The van der Waals surface area contributed by atoms with Gasteiger partial charge in [0.25, 0.3) is 0 Å². The first-order valence-electron chi connectivity index (χ1n) is 11.1. The van der Waals surface area contributed by atoms with E-state index in [1.165, 1.54) is 32.4 Å². The molecule has 166 valence electrons. The lowest BCUT2D eigenvalue weighted by Gasteiger charge is -2.18. The number of hydrogen-bond donors (Lipinski definition) is 0. The second-order valence-electron chi connectivity index (χ2n) is 4.77. The van der Waals surface area contributed by atoms with Gasteiger partial charge in [-0.15, -0.1) is 0 Å². The molecule has 0 saturated carbocycles. The van der Waals surface area contributed by atoms with Gasteiger partial charge in [0.1, 0.15) is 0 Å². The summed E-state index contributed by atoms with van der Waals surface area (Å²) >= 11 is 0. The van der Waals surface area contributed by atoms with Crippen molar-refractivity contribution in [3.05, 3.63) is 0 Å². The Morgan fingerprint density at radius 2 is 0.840 bits per heavy atom. The van der Waals surface area contributed by atoms with E-state index >= 15 is 0 Å². The molecule has 1 heteroatoms. The first kappa shape index (κ1) is 49.8. The molecule has 25 heavy (non-hydrogen) atoms. The molecule has 0 aromatic heterocycles. The van der Waals surface area contributed by atoms with Crippen molar-refractivity contribution in [2.75, 3.05) is 20.1 Å². The van der Waals surface area contributed by atoms with Gasteiger partial charge in [-0.3, -0.25) is 0 Å². The molecule has 1 nitrogen and oxygen atoms in total. The van der Waals surface area contributed by atoms with E-state index in [1.54, 1.807) is 0 Å². The first-order valence-corrected chi connectivity index (χ1v) is 11.1. The molecular formula is C24H65N. The highest BCUT2D eigenvalue weighted by molar-refractivity contribution is 4.61. The molecule has 0 aliphatic heterocycles. The van der Waals surface area contributed by atoms with Crippen LogP contribution in [0.15, 0.2) is 0 Å². The van der Waals surface area contributed by atoms with E-state index in [1.807, 2.05) is 69.2 Å². The third-order valence-electron chi connectivity index (χ3n) is 3.06. The molecule has 0 atom stereocenters. The Morgan fingerprint density at radius 1 is 0.600 bits per heavy atom. The minimum Gasteiger partial charge on any atom is -0.307 e. The molecule has 0 heterocycles. The summed E-state index contributed by atoms with van der Waals surface area (Å²) in [6, 6.07) is 0. The third kappa shape index (κ3) is 96.2. The van der Waals surface area contributed by atoms with Gasteiger partial charge in [0, 0.05) is 0 Å². The standard InChI is InChI=1S/C7H16.C6H15N.5C2H6.CH4/c1-5-7(3,4)6-2;1-4-6-7(3)5-2;5*1-2;/h5-6H2,1-4H3;4-6H2,1-3H3;5*1-2H3;1H4. The zero-order chi connectivity index (χ0) is 21.6. The molecular weight excluding hydrogens is 302 g/mol. The molecule has 0 saturated heterocycles. The van der Waals surface area contributed by atoms with Crippen molar-refractivity contribution in [1.29, 1.82) is 0 Å². The van der Waals surface area contributed by atoms with E-state index in [-0.39, 0.29) is 7.43 Å². The predicted molar refractivity (Wildman–Crippen MR) is 131 cm³/mol. The maximum atomic E-state index is 2.31. The molecule has 0 N–H and O–H groups in total. The average Bonchev–Trinajstić information content (AvgIpc) is 2.70. The number of hydrogen-bond acceptors (Lipinski definition) is 1. The van der Waals surface area contributed by atoms with Gasteiger partial charge in [-0.25, -0.2) is 0 Å². The maximum Gasteiger partial charge on any atom is -0.00245 e. The fourth-order valence-corrected chi connectivity index (χ4v) is 0.790. The third-order valence-corrected chi connectivity index (χ3v) is 3.06. The monoisotopic (exact) mass is 368 g/mol. The minimum absolute atomic E-state index is 0. The predicted octanol–water partition coefficient (Wildman–Crippen LogP) is 9.95. The van der Waals surface area contributed by atoms with Crippen molar-refractivity contribution in [1.82, 2.24) is 4.90 Å². The Hall–Kier alpha value is -0.0400. The number of nitrogens with zero attached hydrogens (tertiary/aromatic N) is 1. The zero-order valence-electron chi connectivity index (χ0n) is 21.5. The van der Waals surface area contributed by atoms with E-state index in [2.05, 4.69) is 53.5 Å². The Bertz CT molecular complexity index is 103. The highest BCUT2D eigenvalue weighted by atomic mass is 15.1. The fourth-order valence-electron chi connectivity index (χ4n) is 0.790. The van der Waals surface area contributed by atoms with E-state index in [0.29, 0.717) is 5.41 Å². The van der Waals surface area contributed by atoms with Gasteiger partial charge in [-0.1, -0.05) is 131 Å². The summed E-state index contributed by atoms with van der Waals surface area (Å²) in [6.07, 6.45) is 3.86. The molecule has 0 fully saturated rings. The van der Waals surface area contributed by atoms with Crippen LogP contribution < -0.4 is 0 Å². The van der Waals surface area contributed by atoms with E-state index < -0.39 is 0 Å². The van der Waals surface area contributed by atoms with Crippen LogP contribution in [0.1, 0.15) is 137 Å². The topological polar surface area (TPSA) is 3.24 Å². The molecule has 0 aromatic rings. The van der Waals surface area contributed by atoms with Crippen LogP contribution in [0.25, 0.3) is 0 Å². The molecule has 0 rings (SSSR count). The van der Waals surface area contributed by atoms with Crippen LogP contribution in [-0.4, -0.2) is 25.0 Å². The van der Waals surface area contributed by atoms with E-state index in [9.17, 15) is 0 Å². The normalized spacial score (nSPS) is 7.44. The van der Waals surface area contributed by atoms with Crippen LogP contribution in [0, 0.1) is 5.41 Å². The lowest BCUT2D eigenvalue weighted by molar-refractivity contribution is 0.338. The van der Waals surface area contributed by atoms with Crippen molar-refractivity contribution in [2.24, 2.45) is 5.41 Å². The quantitative estimate of drug-likeness (QED) is 0.467. The average molecular weight is 368 g/mol. The molecule has 0 bridgehead atoms. The summed E-state index contributed by atoms with van der Waals surface area (Å²) in [5, 5.41) is 0. The van der Waals surface area contributed by atoms with Gasteiger partial charge < -0.3 is 4.90 Å². The first-order chi connectivity index (χ1) is 11.4. The van der Waals surface area contributed by atoms with Gasteiger partial charge in [0.15, 0.2) is 0 Å². The van der Waals surface area contributed by atoms with Gasteiger partial charge in [0.2, 0.25) is 0 Å². The summed E-state index contributed by atoms with van der Waals surface area (Å²) < 4.78 is 0. The Kier molecular flexibility index (Phi) is 129. The van der Waals surface area contributed by atoms with Crippen molar-refractivity contribution in [2.45, 2.75) is 137 Å². The van der Waals surface area contributed by atoms with Crippen LogP contribution in [0.2, 0.25) is 0 Å². The van der Waals surface area contributed by atoms with Crippen LogP contribution in [-0.2, 0) is 0 Å². The lowest BCUT2D eigenvalue weighted by Crippen LogP contribution is -2.17. The smallest absolute Gasteiger partial charge is 0.00245 e. The van der Waals surface area contributed by atoms with Crippen molar-refractivity contribution >= 4 is 0 Å². The zero-order valence-corrected chi connectivity index (χ0v) is 21.5. The second-order valence-corrected chi connectivity index (χ2v) is 4.77. The van der Waals surface area contributed by atoms with Gasteiger partial charge in [-0.05, 0) is 32.0 Å². The van der Waals surface area contributed by atoms with Crippen LogP contribution in [0.3, 0.4) is 0 Å². The van der Waals surface area contributed by atoms with Crippen LogP contribution >= 0.6 is 0 Å². The number of rotatable bonds is 5. The van der Waals surface area contributed by atoms with Crippen molar-refractivity contribution in [3.63, 3.8) is 0 Å². The highest BCUT2D eigenvalue weighted by Crippen LogP contribution is 2.22. The van der Waals surface area contributed by atoms with Gasteiger partial charge in [0.05, 0.1) is 0 Å². The molecule has 0 aliphatic carbocycles. The molecule has 0 aromatic carbocycles. The molecule has 0 amide bonds. The Morgan fingerprint density at radius 3 is 0.880 bits per heavy atom. The van der Waals surface area contributed by atoms with Crippen LogP contribution in [0.4, 0.5) is 0 Å². The summed E-state index contributed by atoms with van der Waals surface area (Å²) in [7, 11) is 2.14. The summed E-state index contributed by atoms with van der Waals surface area (Å²) in [6.45, 7) is 35.9. The summed E-state index contributed by atoms with van der Waals surface area (Å²) in [5.74, 6) is 0. The molecule has 0 aliphatic rings. The van der Waals surface area contributed by atoms with Crippen LogP contribution in [0.5, 0.6) is 0 Å². The Labute approximate surface area is 168 Å². The van der Waals surface area contributed by atoms with Crippen molar-refractivity contribution in [3.8, 4) is 0 Å². The van der Waals surface area contributed by atoms with Gasteiger partial charge >= 0.3 is 0 Å². The second kappa shape index (κ2) is 64.8. The van der Waals surface area contributed by atoms with Crippen molar-refractivity contribution < 1.29 is 0 Å². The molecule has 0 unspecified atom stereocenters. The van der Waals surface area contributed by atoms with E-state index in [4.69, 9.17) is 0 Å². The largest absolute Gasteiger partial charge is 0.307 e. The van der Waals surface area contributed by atoms with E-state index in [0.717, 1.165) is 0 Å². The highest BCUT2D eigenvalue weighted by Gasteiger charge is 2.09. The molecule has 0 radical (unpaired) electrons. The summed E-state index contributed by atoms with van der Waals surface area (Å²) in [4.78, 5) is 2.31. The lowest BCUT2D eigenvalue weighted by atomic mass is 9.88. The van der Waals surface area contributed by atoms with Gasteiger partial charge in [-0.2, -0.15) is 0 Å². The minimum atomic E-state index is 0.